The van der Waals surface area contributed by atoms with Crippen LogP contribution in [0.2, 0.25) is 0 Å². The Hall–Kier alpha value is -0.830. The van der Waals surface area contributed by atoms with Crippen molar-refractivity contribution in [1.29, 1.82) is 0 Å². The number of nitrogens with zero attached hydrogens (tertiary/aromatic N) is 1. The topological polar surface area (TPSA) is 54.7 Å². The fourth-order valence-electron chi connectivity index (χ4n) is 1.66. The van der Waals surface area contributed by atoms with Gasteiger partial charge in [0.2, 0.25) is 0 Å². The average Bonchev–Trinajstić information content (AvgIpc) is 2.45. The van der Waals surface area contributed by atoms with Crippen molar-refractivity contribution >= 4 is 0 Å². The van der Waals surface area contributed by atoms with Crippen molar-refractivity contribution in [3.63, 3.8) is 0 Å². The molecule has 0 amide bonds. The third-order valence-electron chi connectivity index (χ3n) is 2.42. The first kappa shape index (κ1) is 11.2. The van der Waals surface area contributed by atoms with Crippen molar-refractivity contribution in [2.75, 3.05) is 0 Å². The second-order valence-corrected chi connectivity index (χ2v) is 4.28. The van der Waals surface area contributed by atoms with Crippen molar-refractivity contribution in [3.05, 3.63) is 17.2 Å². The van der Waals surface area contributed by atoms with Gasteiger partial charge in [0, 0.05) is 5.69 Å². The lowest BCUT2D eigenvalue weighted by Crippen LogP contribution is -2.14. The van der Waals surface area contributed by atoms with Crippen molar-refractivity contribution in [2.45, 2.75) is 46.6 Å². The molecule has 3 nitrogen and oxygen atoms in total. The van der Waals surface area contributed by atoms with Crippen LogP contribution in [0.1, 0.15) is 50.4 Å². The second kappa shape index (κ2) is 4.60. The fraction of sp³-hybridized carbons (Fsp3) is 0.727. The molecule has 1 aromatic rings. The number of aryl methyl sites for hydroxylation is 2. The van der Waals surface area contributed by atoms with E-state index >= 15 is 0 Å². The van der Waals surface area contributed by atoms with Crippen LogP contribution in [0, 0.1) is 12.8 Å². The van der Waals surface area contributed by atoms with Gasteiger partial charge in [-0.1, -0.05) is 20.8 Å². The minimum absolute atomic E-state index is 0.0500. The summed E-state index contributed by atoms with van der Waals surface area (Å²) in [5, 5.41) is 0. The van der Waals surface area contributed by atoms with E-state index in [1.54, 1.807) is 0 Å². The summed E-state index contributed by atoms with van der Waals surface area (Å²) in [6.45, 7) is 8.52. The second-order valence-electron chi connectivity index (χ2n) is 4.28. The number of aromatic amines is 1. The van der Waals surface area contributed by atoms with Gasteiger partial charge in [-0.15, -0.1) is 0 Å². The lowest BCUT2D eigenvalue weighted by atomic mass is 10.0. The number of hydrogen-bond donors (Lipinski definition) is 2. The Balaban J connectivity index is 2.75. The third kappa shape index (κ3) is 2.58. The maximum Gasteiger partial charge on any atom is 0.123 e. The van der Waals surface area contributed by atoms with Gasteiger partial charge >= 0.3 is 0 Å². The zero-order valence-corrected chi connectivity index (χ0v) is 9.59. The fourth-order valence-corrected chi connectivity index (χ4v) is 1.66. The van der Waals surface area contributed by atoms with E-state index in [9.17, 15) is 0 Å². The minimum atomic E-state index is 0.0500. The van der Waals surface area contributed by atoms with E-state index in [0.717, 1.165) is 30.1 Å². The predicted octanol–water partition coefficient (Wildman–Crippen LogP) is 2.33. The van der Waals surface area contributed by atoms with Gasteiger partial charge in [-0.3, -0.25) is 0 Å². The predicted molar refractivity (Wildman–Crippen MR) is 59.1 cm³/mol. The Morgan fingerprint density at radius 3 is 2.50 bits per heavy atom. The Morgan fingerprint density at radius 1 is 1.43 bits per heavy atom. The van der Waals surface area contributed by atoms with Crippen molar-refractivity contribution in [3.8, 4) is 0 Å². The van der Waals surface area contributed by atoms with Gasteiger partial charge < -0.3 is 10.7 Å². The molecule has 1 unspecified atom stereocenters. The lowest BCUT2D eigenvalue weighted by Gasteiger charge is -2.10. The van der Waals surface area contributed by atoms with Crippen LogP contribution in [-0.4, -0.2) is 9.97 Å². The monoisotopic (exact) mass is 195 g/mol. The van der Waals surface area contributed by atoms with Crippen molar-refractivity contribution in [1.82, 2.24) is 9.97 Å². The zero-order chi connectivity index (χ0) is 10.7. The third-order valence-corrected chi connectivity index (χ3v) is 2.42. The van der Waals surface area contributed by atoms with E-state index in [4.69, 9.17) is 5.73 Å². The molecule has 3 heteroatoms. The number of hydrogen-bond acceptors (Lipinski definition) is 2. The first-order valence-corrected chi connectivity index (χ1v) is 5.35. The summed E-state index contributed by atoms with van der Waals surface area (Å²) in [5.41, 5.74) is 8.33. The van der Waals surface area contributed by atoms with Crippen molar-refractivity contribution < 1.29 is 0 Å². The molecular weight excluding hydrogens is 174 g/mol. The minimum Gasteiger partial charge on any atom is -0.345 e. The molecule has 0 aliphatic heterocycles. The lowest BCUT2D eigenvalue weighted by molar-refractivity contribution is 0.495. The summed E-state index contributed by atoms with van der Waals surface area (Å²) in [7, 11) is 0. The molecule has 0 spiro atoms. The Bertz CT molecular complexity index is 289. The Kier molecular flexibility index (Phi) is 3.69. The van der Waals surface area contributed by atoms with Crippen LogP contribution in [-0.2, 0) is 6.42 Å². The number of aromatic nitrogens is 2. The summed E-state index contributed by atoms with van der Waals surface area (Å²) in [5.74, 6) is 1.55. The van der Waals surface area contributed by atoms with Crippen LogP contribution >= 0.6 is 0 Å². The van der Waals surface area contributed by atoms with Gasteiger partial charge in [0.25, 0.3) is 0 Å². The average molecular weight is 195 g/mol. The molecule has 0 bridgehead atoms. The van der Waals surface area contributed by atoms with Crippen LogP contribution in [0.4, 0.5) is 0 Å². The molecule has 0 fully saturated rings. The van der Waals surface area contributed by atoms with Gasteiger partial charge in [0.15, 0.2) is 0 Å². The van der Waals surface area contributed by atoms with E-state index in [2.05, 4.69) is 37.7 Å². The molecule has 3 N–H and O–H groups in total. The molecule has 14 heavy (non-hydrogen) atoms. The maximum absolute atomic E-state index is 6.04. The zero-order valence-electron chi connectivity index (χ0n) is 9.59. The highest BCUT2D eigenvalue weighted by Crippen LogP contribution is 2.17. The number of rotatable bonds is 4. The normalized spacial score (nSPS) is 13.6. The van der Waals surface area contributed by atoms with Crippen molar-refractivity contribution in [2.24, 2.45) is 11.7 Å². The number of nitrogens with one attached hydrogen (secondary N) is 1. The molecule has 0 saturated heterocycles. The van der Waals surface area contributed by atoms with Crippen LogP contribution in [0.25, 0.3) is 0 Å². The molecule has 1 atom stereocenters. The highest BCUT2D eigenvalue weighted by atomic mass is 15.0. The standard InChI is InChI=1S/C11H21N3/c1-5-10-8(4)13-11(14-10)9(12)6-7(2)3/h7,9H,5-6,12H2,1-4H3,(H,13,14). The molecular formula is C11H21N3. The SMILES string of the molecule is CCc1nc(C(N)CC(C)C)[nH]c1C. The van der Waals surface area contributed by atoms with Gasteiger partial charge in [-0.2, -0.15) is 0 Å². The van der Waals surface area contributed by atoms with Crippen LogP contribution in [0.5, 0.6) is 0 Å². The molecule has 1 aromatic heterocycles. The number of imidazole rings is 1. The molecule has 1 rings (SSSR count). The van der Waals surface area contributed by atoms with E-state index in [1.165, 1.54) is 0 Å². The van der Waals surface area contributed by atoms with Gasteiger partial charge in [-0.25, -0.2) is 4.98 Å². The van der Waals surface area contributed by atoms with Crippen LogP contribution in [0.3, 0.4) is 0 Å². The highest BCUT2D eigenvalue weighted by molar-refractivity contribution is 5.14. The quantitative estimate of drug-likeness (QED) is 0.774. The Labute approximate surface area is 86.1 Å². The van der Waals surface area contributed by atoms with E-state index in [0.29, 0.717) is 5.92 Å². The first-order valence-electron chi connectivity index (χ1n) is 5.35. The van der Waals surface area contributed by atoms with E-state index in [-0.39, 0.29) is 6.04 Å². The van der Waals surface area contributed by atoms with Gasteiger partial charge in [0.1, 0.15) is 5.82 Å². The highest BCUT2D eigenvalue weighted by Gasteiger charge is 2.13. The molecule has 0 saturated carbocycles. The molecule has 1 heterocycles. The smallest absolute Gasteiger partial charge is 0.123 e. The molecule has 0 radical (unpaired) electrons. The summed E-state index contributed by atoms with van der Waals surface area (Å²) in [6.07, 6.45) is 1.95. The summed E-state index contributed by atoms with van der Waals surface area (Å²) < 4.78 is 0. The molecule has 0 aliphatic rings. The Morgan fingerprint density at radius 2 is 2.07 bits per heavy atom. The van der Waals surface area contributed by atoms with E-state index < -0.39 is 0 Å². The number of nitrogens with two attached hydrogens (primary N) is 1. The van der Waals surface area contributed by atoms with Crippen LogP contribution in [0.15, 0.2) is 0 Å². The summed E-state index contributed by atoms with van der Waals surface area (Å²) >= 11 is 0. The number of H-pyrrole nitrogens is 1. The van der Waals surface area contributed by atoms with Gasteiger partial charge in [0.05, 0.1) is 11.7 Å². The maximum atomic E-state index is 6.04. The molecule has 0 aromatic carbocycles. The summed E-state index contributed by atoms with van der Waals surface area (Å²) in [4.78, 5) is 7.77. The van der Waals surface area contributed by atoms with E-state index in [1.807, 2.05) is 0 Å². The largest absolute Gasteiger partial charge is 0.345 e. The first-order chi connectivity index (χ1) is 6.54. The van der Waals surface area contributed by atoms with Gasteiger partial charge in [-0.05, 0) is 25.7 Å². The molecule has 0 aliphatic carbocycles. The summed E-state index contributed by atoms with van der Waals surface area (Å²) in [6, 6.07) is 0.0500. The molecule has 80 valence electrons. The van der Waals surface area contributed by atoms with Crippen LogP contribution < -0.4 is 5.73 Å².